The quantitative estimate of drug-likeness (QED) is 0.222. The van der Waals surface area contributed by atoms with Crippen molar-refractivity contribution in [1.82, 2.24) is 20.2 Å². The SMILES string of the molecule is CNC(=O)c1c(-c2ccc(F)cc2)oc2cc(N(CC3CN(C)C3)S(C)(=O)=O)c(-c3cccc(-c4nc5ncccc5o4)c3)cc12. The van der Waals surface area contributed by atoms with Crippen molar-refractivity contribution in [2.75, 3.05) is 44.3 Å². The number of rotatable bonds is 8. The lowest BCUT2D eigenvalue weighted by Crippen LogP contribution is -2.50. The van der Waals surface area contributed by atoms with Crippen LogP contribution in [0.25, 0.3) is 56.1 Å². The number of nitrogens with one attached hydrogen (secondary N) is 1. The predicted molar refractivity (Wildman–Crippen MR) is 174 cm³/mol. The van der Waals surface area contributed by atoms with Gasteiger partial charge in [-0.1, -0.05) is 12.1 Å². The van der Waals surface area contributed by atoms with Gasteiger partial charge in [-0.3, -0.25) is 9.10 Å². The smallest absolute Gasteiger partial charge is 0.255 e. The highest BCUT2D eigenvalue weighted by Gasteiger charge is 2.32. The molecule has 6 aromatic rings. The summed E-state index contributed by atoms with van der Waals surface area (Å²) in [6.07, 6.45) is 2.83. The van der Waals surface area contributed by atoms with Gasteiger partial charge in [-0.25, -0.2) is 17.8 Å². The molecular weight excluding hydrogens is 609 g/mol. The average Bonchev–Trinajstić information content (AvgIpc) is 3.63. The first-order valence-corrected chi connectivity index (χ1v) is 16.5. The Balaban J connectivity index is 1.47. The van der Waals surface area contributed by atoms with E-state index in [1.165, 1.54) is 41.9 Å². The highest BCUT2D eigenvalue weighted by atomic mass is 32.2. The number of anilines is 1. The number of carbonyl (C=O) groups is 1. The van der Waals surface area contributed by atoms with Crippen LogP contribution < -0.4 is 9.62 Å². The first kappa shape index (κ1) is 29.6. The molecule has 234 valence electrons. The van der Waals surface area contributed by atoms with Gasteiger partial charge in [0.1, 0.15) is 17.2 Å². The molecule has 1 N–H and O–H groups in total. The number of fused-ring (bicyclic) bond motifs is 2. The fourth-order valence-corrected chi connectivity index (χ4v) is 7.02. The monoisotopic (exact) mass is 639 g/mol. The molecule has 1 aliphatic rings. The van der Waals surface area contributed by atoms with Crippen molar-refractivity contribution in [2.24, 2.45) is 5.92 Å². The van der Waals surface area contributed by atoms with E-state index in [0.29, 0.717) is 56.0 Å². The molecule has 1 saturated heterocycles. The number of hydrogen-bond donors (Lipinski definition) is 1. The fourth-order valence-electron chi connectivity index (χ4n) is 6.03. The van der Waals surface area contributed by atoms with Crippen molar-refractivity contribution in [2.45, 2.75) is 0 Å². The number of carbonyl (C=O) groups excluding carboxylic acids is 1. The molecule has 1 amide bonds. The lowest BCUT2D eigenvalue weighted by molar-refractivity contribution is 0.0964. The molecule has 0 spiro atoms. The van der Waals surface area contributed by atoms with Crippen LogP contribution >= 0.6 is 0 Å². The Hall–Kier alpha value is -5.07. The normalized spacial score (nSPS) is 14.1. The number of benzene rings is 3. The second-order valence-electron chi connectivity index (χ2n) is 11.6. The van der Waals surface area contributed by atoms with Crippen LogP contribution in [0.15, 0.2) is 87.8 Å². The van der Waals surface area contributed by atoms with Gasteiger partial charge in [-0.2, -0.15) is 4.98 Å². The van der Waals surface area contributed by atoms with Gasteiger partial charge in [0, 0.05) is 66.9 Å². The summed E-state index contributed by atoms with van der Waals surface area (Å²) in [5.41, 5.74) is 4.41. The van der Waals surface area contributed by atoms with E-state index in [1.54, 1.807) is 30.5 Å². The average molecular weight is 640 g/mol. The second kappa shape index (κ2) is 11.4. The molecule has 0 radical (unpaired) electrons. The van der Waals surface area contributed by atoms with Gasteiger partial charge in [-0.15, -0.1) is 0 Å². The van der Waals surface area contributed by atoms with Crippen LogP contribution in [0.1, 0.15) is 10.4 Å². The molecule has 12 heteroatoms. The van der Waals surface area contributed by atoms with Crippen LogP contribution in [-0.2, 0) is 10.0 Å². The predicted octanol–water partition coefficient (Wildman–Crippen LogP) is 5.80. The molecular formula is C34H30FN5O5S. The maximum atomic E-state index is 13.8. The minimum atomic E-state index is -3.75. The molecule has 10 nitrogen and oxygen atoms in total. The van der Waals surface area contributed by atoms with Gasteiger partial charge in [0.05, 0.1) is 17.5 Å². The van der Waals surface area contributed by atoms with E-state index in [4.69, 9.17) is 8.83 Å². The van der Waals surface area contributed by atoms with Crippen molar-refractivity contribution in [1.29, 1.82) is 0 Å². The molecule has 0 saturated carbocycles. The number of sulfonamides is 1. The van der Waals surface area contributed by atoms with Gasteiger partial charge in [0.25, 0.3) is 5.91 Å². The van der Waals surface area contributed by atoms with Crippen LogP contribution in [0, 0.1) is 11.7 Å². The van der Waals surface area contributed by atoms with Gasteiger partial charge >= 0.3 is 0 Å². The Kier molecular flexibility index (Phi) is 7.33. The summed E-state index contributed by atoms with van der Waals surface area (Å²) in [7, 11) is -0.243. The number of furan rings is 1. The van der Waals surface area contributed by atoms with E-state index >= 15 is 0 Å². The maximum Gasteiger partial charge on any atom is 0.255 e. The molecule has 0 atom stereocenters. The third-order valence-corrected chi connectivity index (χ3v) is 9.33. The van der Waals surface area contributed by atoms with E-state index in [-0.39, 0.29) is 23.8 Å². The standard InChI is InChI=1S/C34H30FN5O5S/c1-36-33(41)30-26-15-25(22-6-4-7-23(14-22)34-38-32-28(45-34)8-5-13-37-32)27(40(46(3,42)43)19-20-17-39(2)18-20)16-29(26)44-31(30)21-9-11-24(35)12-10-21/h4-16,20H,17-19H2,1-3H3,(H,36,41). The molecule has 1 aliphatic heterocycles. The Morgan fingerprint density at radius 1 is 1.00 bits per heavy atom. The Labute approximate surface area is 264 Å². The highest BCUT2D eigenvalue weighted by Crippen LogP contribution is 2.43. The summed E-state index contributed by atoms with van der Waals surface area (Å²) in [5, 5.41) is 3.16. The summed E-state index contributed by atoms with van der Waals surface area (Å²) in [4.78, 5) is 24.3. The first-order chi connectivity index (χ1) is 22.1. The van der Waals surface area contributed by atoms with E-state index in [0.717, 1.165) is 13.1 Å². The number of oxazole rings is 1. The Bertz CT molecular complexity index is 2190. The minimum absolute atomic E-state index is 0.134. The van der Waals surface area contributed by atoms with Crippen molar-refractivity contribution >= 4 is 43.8 Å². The highest BCUT2D eigenvalue weighted by molar-refractivity contribution is 7.92. The molecule has 0 unspecified atom stereocenters. The molecule has 46 heavy (non-hydrogen) atoms. The van der Waals surface area contributed by atoms with E-state index in [9.17, 15) is 17.6 Å². The lowest BCUT2D eigenvalue weighted by atomic mass is 9.96. The number of hydrogen-bond acceptors (Lipinski definition) is 8. The number of halogens is 1. The summed E-state index contributed by atoms with van der Waals surface area (Å²) < 4.78 is 54.3. The van der Waals surface area contributed by atoms with Crippen molar-refractivity contribution < 1.29 is 26.4 Å². The van der Waals surface area contributed by atoms with E-state index < -0.39 is 21.7 Å². The van der Waals surface area contributed by atoms with Crippen LogP contribution in [-0.4, -0.2) is 69.2 Å². The number of amides is 1. The third kappa shape index (κ3) is 5.39. The topological polar surface area (TPSA) is 122 Å². The molecule has 1 fully saturated rings. The van der Waals surface area contributed by atoms with Crippen LogP contribution in [0.3, 0.4) is 0 Å². The molecule has 3 aromatic carbocycles. The first-order valence-electron chi connectivity index (χ1n) is 14.7. The Morgan fingerprint density at radius 2 is 1.76 bits per heavy atom. The summed E-state index contributed by atoms with van der Waals surface area (Å²) in [6, 6.07) is 20.1. The molecule has 7 rings (SSSR count). The molecule has 0 aliphatic carbocycles. The van der Waals surface area contributed by atoms with Gasteiger partial charge in [0.15, 0.2) is 11.2 Å². The zero-order valence-corrected chi connectivity index (χ0v) is 26.1. The van der Waals surface area contributed by atoms with Crippen LogP contribution in [0.5, 0.6) is 0 Å². The van der Waals surface area contributed by atoms with E-state index in [2.05, 4.69) is 20.2 Å². The zero-order valence-electron chi connectivity index (χ0n) is 25.3. The minimum Gasteiger partial charge on any atom is -0.455 e. The number of likely N-dealkylation sites (tertiary alicyclic amines) is 1. The van der Waals surface area contributed by atoms with Crippen molar-refractivity contribution in [3.05, 3.63) is 90.4 Å². The zero-order chi connectivity index (χ0) is 32.2. The van der Waals surface area contributed by atoms with Crippen LogP contribution in [0.2, 0.25) is 0 Å². The van der Waals surface area contributed by atoms with Crippen molar-refractivity contribution in [3.63, 3.8) is 0 Å². The van der Waals surface area contributed by atoms with Gasteiger partial charge < -0.3 is 19.1 Å². The summed E-state index contributed by atoms with van der Waals surface area (Å²) in [5.74, 6) is -0.0806. The fraction of sp³-hybridized carbons (Fsp3) is 0.206. The third-order valence-electron chi connectivity index (χ3n) is 8.19. The largest absolute Gasteiger partial charge is 0.455 e. The number of nitrogens with zero attached hydrogens (tertiary/aromatic N) is 4. The molecule has 4 heterocycles. The van der Waals surface area contributed by atoms with Gasteiger partial charge in [0.2, 0.25) is 15.9 Å². The van der Waals surface area contributed by atoms with Crippen LogP contribution in [0.4, 0.5) is 10.1 Å². The number of aromatic nitrogens is 2. The maximum absolute atomic E-state index is 13.8. The molecule has 0 bridgehead atoms. The second-order valence-corrected chi connectivity index (χ2v) is 13.5. The summed E-state index contributed by atoms with van der Waals surface area (Å²) >= 11 is 0. The Morgan fingerprint density at radius 3 is 2.46 bits per heavy atom. The lowest BCUT2D eigenvalue weighted by Gasteiger charge is -2.39. The number of pyridine rings is 1. The molecule has 3 aromatic heterocycles. The van der Waals surface area contributed by atoms with Gasteiger partial charge in [-0.05, 0) is 67.2 Å². The summed E-state index contributed by atoms with van der Waals surface area (Å²) in [6.45, 7) is 1.80. The van der Waals surface area contributed by atoms with E-state index in [1.807, 2.05) is 31.3 Å². The van der Waals surface area contributed by atoms with Crippen molar-refractivity contribution in [3.8, 4) is 33.9 Å².